The van der Waals surface area contributed by atoms with Crippen molar-refractivity contribution < 1.29 is 32.9 Å². The number of hydrogen-bond donors (Lipinski definition) is 2. The van der Waals surface area contributed by atoms with Crippen LogP contribution in [0.2, 0.25) is 5.02 Å². The molecule has 176 valence electrons. The fourth-order valence-electron chi connectivity index (χ4n) is 3.56. The van der Waals surface area contributed by atoms with Crippen LogP contribution < -0.4 is 0 Å². The van der Waals surface area contributed by atoms with Crippen molar-refractivity contribution >= 4 is 23.4 Å². The maximum Gasteiger partial charge on any atom is 0.194 e. The van der Waals surface area contributed by atoms with E-state index in [1.807, 2.05) is 0 Å². The average Bonchev–Trinajstić information content (AvgIpc) is 3.27. The summed E-state index contributed by atoms with van der Waals surface area (Å²) in [5.41, 5.74) is -0.706. The zero-order valence-corrected chi connectivity index (χ0v) is 18.6. The summed E-state index contributed by atoms with van der Waals surface area (Å²) in [7, 11) is 1.42. The van der Waals surface area contributed by atoms with Crippen LogP contribution in [0.3, 0.4) is 0 Å². The molecular weight excluding hydrogens is 485 g/mol. The summed E-state index contributed by atoms with van der Waals surface area (Å²) in [6, 6.07) is 2.38. The zero-order valence-electron chi connectivity index (χ0n) is 17.0. The number of rotatable bonds is 6. The Bertz CT molecular complexity index is 1120. The van der Waals surface area contributed by atoms with Gasteiger partial charge in [-0.2, -0.15) is 0 Å². The third-order valence-corrected chi connectivity index (χ3v) is 6.44. The van der Waals surface area contributed by atoms with Gasteiger partial charge >= 0.3 is 0 Å². The van der Waals surface area contributed by atoms with Crippen LogP contribution >= 0.6 is 23.4 Å². The number of hydrogen-bond acceptors (Lipinski definition) is 8. The minimum atomic E-state index is -1.59. The minimum Gasteiger partial charge on any atom is -0.394 e. The molecule has 0 amide bonds. The first kappa shape index (κ1) is 23.9. The van der Waals surface area contributed by atoms with Gasteiger partial charge in [0.05, 0.1) is 17.8 Å². The van der Waals surface area contributed by atoms with Gasteiger partial charge in [-0.25, -0.2) is 17.9 Å². The quantitative estimate of drug-likeness (QED) is 0.496. The van der Waals surface area contributed by atoms with E-state index in [2.05, 4.69) is 15.3 Å². The van der Waals surface area contributed by atoms with Crippen LogP contribution in [0.4, 0.5) is 13.2 Å². The molecule has 1 aromatic carbocycles. The molecule has 0 radical (unpaired) electrons. The van der Waals surface area contributed by atoms with Crippen molar-refractivity contribution in [1.82, 2.24) is 20.0 Å². The summed E-state index contributed by atoms with van der Waals surface area (Å²) < 4.78 is 53.3. The Kier molecular flexibility index (Phi) is 7.22. The molecule has 2 aromatic heterocycles. The Labute approximate surface area is 195 Å². The van der Waals surface area contributed by atoms with Crippen molar-refractivity contribution in [2.45, 2.75) is 34.7 Å². The number of methoxy groups -OCH3 is 1. The van der Waals surface area contributed by atoms with E-state index in [0.29, 0.717) is 9.92 Å². The first-order valence-electron chi connectivity index (χ1n) is 9.63. The molecule has 3 heterocycles. The van der Waals surface area contributed by atoms with Crippen LogP contribution in [0.25, 0.3) is 11.3 Å². The number of aromatic nitrogens is 4. The number of benzene rings is 1. The molecule has 1 aliphatic rings. The molecule has 3 aromatic rings. The number of aliphatic hydroxyl groups excluding tert-OH is 2. The summed E-state index contributed by atoms with van der Waals surface area (Å²) in [6.45, 7) is -0.491. The number of halogens is 4. The van der Waals surface area contributed by atoms with Gasteiger partial charge in [0.25, 0.3) is 0 Å². The summed E-state index contributed by atoms with van der Waals surface area (Å²) in [6.07, 6.45) is 1.36. The lowest BCUT2D eigenvalue weighted by Gasteiger charge is -2.43. The van der Waals surface area contributed by atoms with Gasteiger partial charge in [-0.3, -0.25) is 4.98 Å². The van der Waals surface area contributed by atoms with E-state index in [4.69, 9.17) is 21.1 Å². The van der Waals surface area contributed by atoms with Gasteiger partial charge in [-0.15, -0.1) is 5.10 Å². The van der Waals surface area contributed by atoms with E-state index in [-0.39, 0.29) is 11.3 Å². The molecule has 0 saturated carbocycles. The van der Waals surface area contributed by atoms with E-state index in [1.165, 1.54) is 35.9 Å². The van der Waals surface area contributed by atoms with E-state index in [1.54, 1.807) is 12.3 Å². The van der Waals surface area contributed by atoms with Crippen molar-refractivity contribution in [1.29, 1.82) is 0 Å². The smallest absolute Gasteiger partial charge is 0.194 e. The molecule has 0 bridgehead atoms. The Hall–Kier alpha value is -2.22. The fourth-order valence-corrected chi connectivity index (χ4v) is 4.99. The van der Waals surface area contributed by atoms with Gasteiger partial charge in [-0.05, 0) is 18.2 Å². The second-order valence-corrected chi connectivity index (χ2v) is 8.81. The van der Waals surface area contributed by atoms with Gasteiger partial charge in [0.1, 0.15) is 35.5 Å². The third kappa shape index (κ3) is 4.86. The topological polar surface area (TPSA) is 103 Å². The van der Waals surface area contributed by atoms with E-state index in [0.717, 1.165) is 12.1 Å². The Morgan fingerprint density at radius 3 is 2.58 bits per heavy atom. The van der Waals surface area contributed by atoms with Crippen molar-refractivity contribution in [2.75, 3.05) is 13.7 Å². The maximum absolute atomic E-state index is 13.7. The Balaban J connectivity index is 1.67. The van der Waals surface area contributed by atoms with Crippen molar-refractivity contribution in [3.63, 3.8) is 0 Å². The molecular formula is C20H18ClF3N4O4S. The maximum atomic E-state index is 13.7. The highest BCUT2D eigenvalue weighted by Gasteiger charge is 2.47. The van der Waals surface area contributed by atoms with Gasteiger partial charge in [0.2, 0.25) is 0 Å². The number of ether oxygens (including phenoxy) is 2. The van der Waals surface area contributed by atoms with Crippen LogP contribution in [0.15, 0.2) is 41.7 Å². The van der Waals surface area contributed by atoms with Crippen molar-refractivity contribution in [2.24, 2.45) is 0 Å². The first-order chi connectivity index (χ1) is 15.8. The van der Waals surface area contributed by atoms with Crippen molar-refractivity contribution in [3.8, 4) is 11.3 Å². The standard InChI is InChI=1S/C20H18ClF3N4O4S/c1-31-19-17(28-7-14(26-27-28)9-2-12(22)16(24)13(23)3-9)18(30)15(8-29)32-20(19)33-11-4-10(21)5-25-6-11/h2-7,15,17-20,29-30H,8H2,1H3/t15?,17?,18-,19?,20+/m0/s1. The predicted molar refractivity (Wildman–Crippen MR) is 112 cm³/mol. The molecule has 0 aliphatic carbocycles. The molecule has 2 N–H and O–H groups in total. The zero-order chi connectivity index (χ0) is 23.7. The average molecular weight is 503 g/mol. The molecule has 1 fully saturated rings. The van der Waals surface area contributed by atoms with Gasteiger partial charge in [0.15, 0.2) is 17.5 Å². The third-order valence-electron chi connectivity index (χ3n) is 5.12. The SMILES string of the molecule is COC1C(n2cc(-c3cc(F)c(F)c(F)c3)nn2)[C@@H](O)C(CO)O[C@@H]1Sc1cncc(Cl)c1. The minimum absolute atomic E-state index is 0.0391. The first-order valence-corrected chi connectivity index (χ1v) is 10.9. The summed E-state index contributed by atoms with van der Waals surface area (Å²) in [5, 5.41) is 28.9. The molecule has 1 aliphatic heterocycles. The molecule has 13 heteroatoms. The van der Waals surface area contributed by atoms with E-state index >= 15 is 0 Å². The number of pyridine rings is 1. The molecule has 4 rings (SSSR count). The molecule has 5 atom stereocenters. The highest BCUT2D eigenvalue weighted by atomic mass is 35.5. The molecule has 0 spiro atoms. The molecule has 8 nitrogen and oxygen atoms in total. The second kappa shape index (κ2) is 9.95. The Morgan fingerprint density at radius 1 is 1.21 bits per heavy atom. The van der Waals surface area contributed by atoms with Gasteiger partial charge in [-0.1, -0.05) is 28.6 Å². The van der Waals surface area contributed by atoms with Crippen LogP contribution in [-0.4, -0.2) is 67.7 Å². The lowest BCUT2D eigenvalue weighted by molar-refractivity contribution is -0.186. The van der Waals surface area contributed by atoms with Crippen LogP contribution in [0, 0.1) is 17.5 Å². The summed E-state index contributed by atoms with van der Waals surface area (Å²) in [5.74, 6) is -4.33. The predicted octanol–water partition coefficient (Wildman–Crippen LogP) is 2.84. The summed E-state index contributed by atoms with van der Waals surface area (Å²) in [4.78, 5) is 4.69. The fraction of sp³-hybridized carbons (Fsp3) is 0.350. The van der Waals surface area contributed by atoms with E-state index in [9.17, 15) is 23.4 Å². The van der Waals surface area contributed by atoms with Gasteiger partial charge in [0, 0.05) is 30.0 Å². The normalized spacial score (nSPS) is 25.4. The lowest BCUT2D eigenvalue weighted by Crippen LogP contribution is -2.55. The monoisotopic (exact) mass is 502 g/mol. The van der Waals surface area contributed by atoms with Crippen LogP contribution in [0.5, 0.6) is 0 Å². The largest absolute Gasteiger partial charge is 0.394 e. The molecule has 3 unspecified atom stereocenters. The van der Waals surface area contributed by atoms with Crippen LogP contribution in [0.1, 0.15) is 6.04 Å². The highest BCUT2D eigenvalue weighted by Crippen LogP contribution is 2.39. The second-order valence-electron chi connectivity index (χ2n) is 7.20. The summed E-state index contributed by atoms with van der Waals surface area (Å²) >= 11 is 7.22. The molecule has 1 saturated heterocycles. The lowest BCUT2D eigenvalue weighted by atomic mass is 9.97. The number of aliphatic hydroxyl groups is 2. The van der Waals surface area contributed by atoms with Gasteiger partial charge < -0.3 is 19.7 Å². The Morgan fingerprint density at radius 2 is 1.94 bits per heavy atom. The van der Waals surface area contributed by atoms with Crippen LogP contribution in [-0.2, 0) is 9.47 Å². The highest BCUT2D eigenvalue weighted by molar-refractivity contribution is 7.99. The van der Waals surface area contributed by atoms with Crippen molar-refractivity contribution in [3.05, 3.63) is 59.3 Å². The number of thioether (sulfide) groups is 1. The number of nitrogens with zero attached hydrogens (tertiary/aromatic N) is 4. The molecule has 33 heavy (non-hydrogen) atoms. The van der Waals surface area contributed by atoms with E-state index < -0.39 is 53.8 Å².